The minimum absolute atomic E-state index is 0.609. The van der Waals surface area contributed by atoms with Crippen LogP contribution in [-0.2, 0) is 13.2 Å². The molecule has 0 atom stereocenters. The Morgan fingerprint density at radius 2 is 1.80 bits per heavy atom. The highest BCUT2D eigenvalue weighted by molar-refractivity contribution is 5.33. The van der Waals surface area contributed by atoms with Crippen molar-refractivity contribution in [1.29, 1.82) is 0 Å². The first kappa shape index (κ1) is 17.9. The van der Waals surface area contributed by atoms with Crippen LogP contribution in [0.3, 0.4) is 0 Å². The van der Waals surface area contributed by atoms with E-state index in [-0.39, 0.29) is 0 Å². The number of hydrogen-bond acceptors (Lipinski definition) is 4. The van der Waals surface area contributed by atoms with E-state index in [9.17, 15) is 0 Å². The highest BCUT2D eigenvalue weighted by atomic mass is 16.5. The fraction of sp³-hybridized carbons (Fsp3) is 0.429. The normalized spacial score (nSPS) is 15.2. The maximum Gasteiger partial charge on any atom is 0.124 e. The molecule has 4 heteroatoms. The molecule has 2 aromatic rings. The first-order valence-electron chi connectivity index (χ1n) is 9.21. The molecule has 0 radical (unpaired) electrons. The third kappa shape index (κ3) is 5.85. The minimum atomic E-state index is 0.609. The van der Waals surface area contributed by atoms with Gasteiger partial charge in [0.2, 0.25) is 0 Å². The number of ether oxygens (including phenoxy) is 1. The zero-order chi connectivity index (χ0) is 17.3. The van der Waals surface area contributed by atoms with Gasteiger partial charge in [-0.2, -0.15) is 0 Å². The SMILES string of the molecule is Cc1ccc(COc2ccccc2CNCCN2CCNCC2)cc1. The van der Waals surface area contributed by atoms with Crippen molar-refractivity contribution in [3.63, 3.8) is 0 Å². The Balaban J connectivity index is 1.45. The van der Waals surface area contributed by atoms with E-state index in [0.717, 1.165) is 51.6 Å². The summed E-state index contributed by atoms with van der Waals surface area (Å²) in [6.45, 7) is 10.2. The van der Waals surface area contributed by atoms with Crippen LogP contribution in [-0.4, -0.2) is 44.2 Å². The van der Waals surface area contributed by atoms with E-state index in [4.69, 9.17) is 4.74 Å². The van der Waals surface area contributed by atoms with Crippen LogP contribution >= 0.6 is 0 Å². The number of nitrogens with zero attached hydrogens (tertiary/aromatic N) is 1. The van der Waals surface area contributed by atoms with Crippen LogP contribution in [0.2, 0.25) is 0 Å². The zero-order valence-electron chi connectivity index (χ0n) is 15.1. The van der Waals surface area contributed by atoms with Gasteiger partial charge in [0.1, 0.15) is 12.4 Å². The molecular weight excluding hydrogens is 310 g/mol. The van der Waals surface area contributed by atoms with Crippen LogP contribution in [0.4, 0.5) is 0 Å². The Kier molecular flexibility index (Phi) is 6.86. The first-order valence-corrected chi connectivity index (χ1v) is 9.21. The van der Waals surface area contributed by atoms with Crippen molar-refractivity contribution in [3.8, 4) is 5.75 Å². The van der Waals surface area contributed by atoms with Gasteiger partial charge in [0, 0.05) is 51.4 Å². The third-order valence-electron chi connectivity index (χ3n) is 4.62. The summed E-state index contributed by atoms with van der Waals surface area (Å²) in [4.78, 5) is 2.50. The van der Waals surface area contributed by atoms with Crippen molar-refractivity contribution in [2.45, 2.75) is 20.1 Å². The van der Waals surface area contributed by atoms with E-state index in [2.05, 4.69) is 64.9 Å². The molecular formula is C21H29N3O. The molecule has 1 aliphatic heterocycles. The van der Waals surface area contributed by atoms with E-state index >= 15 is 0 Å². The Morgan fingerprint density at radius 1 is 1.04 bits per heavy atom. The molecule has 0 aromatic heterocycles. The molecule has 0 unspecified atom stereocenters. The van der Waals surface area contributed by atoms with Crippen molar-refractivity contribution in [1.82, 2.24) is 15.5 Å². The Morgan fingerprint density at radius 3 is 2.60 bits per heavy atom. The maximum atomic E-state index is 6.05. The largest absolute Gasteiger partial charge is 0.489 e. The number of rotatable bonds is 8. The molecule has 134 valence electrons. The molecule has 0 bridgehead atoms. The van der Waals surface area contributed by atoms with Gasteiger partial charge in [-0.25, -0.2) is 0 Å². The van der Waals surface area contributed by atoms with Crippen LogP contribution in [0.25, 0.3) is 0 Å². The van der Waals surface area contributed by atoms with Crippen molar-refractivity contribution < 1.29 is 4.74 Å². The van der Waals surface area contributed by atoms with Crippen LogP contribution in [0.1, 0.15) is 16.7 Å². The maximum absolute atomic E-state index is 6.05. The molecule has 1 heterocycles. The van der Waals surface area contributed by atoms with E-state index in [1.165, 1.54) is 16.7 Å². The second-order valence-corrected chi connectivity index (χ2v) is 6.65. The van der Waals surface area contributed by atoms with Crippen LogP contribution in [0.5, 0.6) is 5.75 Å². The average Bonchev–Trinajstić information content (AvgIpc) is 2.66. The van der Waals surface area contributed by atoms with Crippen molar-refractivity contribution in [2.75, 3.05) is 39.3 Å². The van der Waals surface area contributed by atoms with Crippen LogP contribution in [0.15, 0.2) is 48.5 Å². The Labute approximate surface area is 151 Å². The fourth-order valence-electron chi connectivity index (χ4n) is 3.03. The molecule has 0 spiro atoms. The predicted octanol–water partition coefficient (Wildman–Crippen LogP) is 2.57. The molecule has 1 saturated heterocycles. The second-order valence-electron chi connectivity index (χ2n) is 6.65. The molecule has 1 fully saturated rings. The van der Waals surface area contributed by atoms with Gasteiger partial charge in [-0.05, 0) is 18.6 Å². The third-order valence-corrected chi connectivity index (χ3v) is 4.62. The van der Waals surface area contributed by atoms with Crippen LogP contribution < -0.4 is 15.4 Å². The van der Waals surface area contributed by atoms with Gasteiger partial charge in [-0.15, -0.1) is 0 Å². The average molecular weight is 339 g/mol. The molecule has 25 heavy (non-hydrogen) atoms. The van der Waals surface area contributed by atoms with E-state index in [1.807, 2.05) is 6.07 Å². The lowest BCUT2D eigenvalue weighted by Crippen LogP contribution is -2.45. The highest BCUT2D eigenvalue weighted by Crippen LogP contribution is 2.19. The Hall–Kier alpha value is -1.88. The molecule has 0 aliphatic carbocycles. The lowest BCUT2D eigenvalue weighted by Gasteiger charge is -2.27. The second kappa shape index (κ2) is 9.56. The molecule has 2 N–H and O–H groups in total. The summed E-state index contributed by atoms with van der Waals surface area (Å²) in [5, 5.41) is 6.94. The number of benzene rings is 2. The number of aryl methyl sites for hydroxylation is 1. The molecule has 4 nitrogen and oxygen atoms in total. The van der Waals surface area contributed by atoms with Crippen molar-refractivity contribution in [3.05, 3.63) is 65.2 Å². The van der Waals surface area contributed by atoms with Gasteiger partial charge in [0.25, 0.3) is 0 Å². The Bertz CT molecular complexity index is 636. The quantitative estimate of drug-likeness (QED) is 0.725. The number of nitrogens with one attached hydrogen (secondary N) is 2. The van der Waals surface area contributed by atoms with Gasteiger partial charge in [0.15, 0.2) is 0 Å². The summed E-state index contributed by atoms with van der Waals surface area (Å²) in [5.74, 6) is 0.970. The standard InChI is InChI=1S/C21H29N3O/c1-18-6-8-19(9-7-18)17-25-21-5-3-2-4-20(21)16-23-12-15-24-13-10-22-11-14-24/h2-9,22-23H,10-17H2,1H3. The van der Waals surface area contributed by atoms with Crippen molar-refractivity contribution >= 4 is 0 Å². The molecule has 1 aliphatic rings. The van der Waals surface area contributed by atoms with E-state index in [0.29, 0.717) is 6.61 Å². The van der Waals surface area contributed by atoms with E-state index < -0.39 is 0 Å². The van der Waals surface area contributed by atoms with Gasteiger partial charge in [-0.1, -0.05) is 48.0 Å². The fourth-order valence-corrected chi connectivity index (χ4v) is 3.03. The van der Waals surface area contributed by atoms with Gasteiger partial charge in [0.05, 0.1) is 0 Å². The predicted molar refractivity (Wildman–Crippen MR) is 103 cm³/mol. The zero-order valence-corrected chi connectivity index (χ0v) is 15.1. The lowest BCUT2D eigenvalue weighted by molar-refractivity contribution is 0.240. The number of hydrogen-bond donors (Lipinski definition) is 2. The molecule has 0 amide bonds. The summed E-state index contributed by atoms with van der Waals surface area (Å²) in [6, 6.07) is 16.8. The topological polar surface area (TPSA) is 36.5 Å². The lowest BCUT2D eigenvalue weighted by atomic mass is 10.1. The first-order chi connectivity index (χ1) is 12.3. The molecule has 0 saturated carbocycles. The van der Waals surface area contributed by atoms with Crippen molar-refractivity contribution in [2.24, 2.45) is 0 Å². The summed E-state index contributed by atoms with van der Waals surface area (Å²) in [5.41, 5.74) is 3.69. The number of piperazine rings is 1. The summed E-state index contributed by atoms with van der Waals surface area (Å²) in [6.07, 6.45) is 0. The van der Waals surface area contributed by atoms with Crippen LogP contribution in [0, 0.1) is 6.92 Å². The van der Waals surface area contributed by atoms with Gasteiger partial charge in [-0.3, -0.25) is 4.90 Å². The smallest absolute Gasteiger partial charge is 0.124 e. The van der Waals surface area contributed by atoms with E-state index in [1.54, 1.807) is 0 Å². The molecule has 2 aromatic carbocycles. The highest BCUT2D eigenvalue weighted by Gasteiger charge is 2.08. The minimum Gasteiger partial charge on any atom is -0.489 e. The monoisotopic (exact) mass is 339 g/mol. The molecule has 3 rings (SSSR count). The summed E-state index contributed by atoms with van der Waals surface area (Å²) in [7, 11) is 0. The summed E-state index contributed by atoms with van der Waals surface area (Å²) < 4.78 is 6.05. The van der Waals surface area contributed by atoms with Gasteiger partial charge < -0.3 is 15.4 Å². The number of para-hydroxylation sites is 1. The summed E-state index contributed by atoms with van der Waals surface area (Å²) >= 11 is 0. The van der Waals surface area contributed by atoms with Gasteiger partial charge >= 0.3 is 0 Å².